The fourth-order valence-electron chi connectivity index (χ4n) is 3.25. The van der Waals surface area contributed by atoms with E-state index in [2.05, 4.69) is 39.8 Å². The van der Waals surface area contributed by atoms with Gasteiger partial charge in [-0.3, -0.25) is 0 Å². The predicted octanol–water partition coefficient (Wildman–Crippen LogP) is 1.81. The van der Waals surface area contributed by atoms with Crippen molar-refractivity contribution in [2.24, 2.45) is 0 Å². The predicted molar refractivity (Wildman–Crippen MR) is 86.2 cm³/mol. The average molecular weight is 292 g/mol. The van der Waals surface area contributed by atoms with Gasteiger partial charge in [-0.15, -0.1) is 0 Å². The number of piperidine rings is 1. The molecular weight excluding hydrogens is 262 g/mol. The Morgan fingerprint density at radius 1 is 1.29 bits per heavy atom. The molecule has 0 amide bonds. The number of benzene rings is 1. The molecule has 1 aliphatic rings. The summed E-state index contributed by atoms with van der Waals surface area (Å²) in [7, 11) is 0. The van der Waals surface area contributed by atoms with E-state index < -0.39 is 0 Å². The lowest BCUT2D eigenvalue weighted by Gasteiger charge is -2.31. The minimum absolute atomic E-state index is 0.388. The van der Waals surface area contributed by atoms with E-state index in [1.165, 1.54) is 47.4 Å². The zero-order valence-corrected chi connectivity index (χ0v) is 13.9. The third kappa shape index (κ3) is 4.45. The van der Waals surface area contributed by atoms with E-state index in [1.54, 1.807) is 0 Å². The van der Waals surface area contributed by atoms with Crippen molar-refractivity contribution < 1.29 is 14.7 Å². The number of hydrogen-bond donors (Lipinski definition) is 2. The van der Waals surface area contributed by atoms with Crippen molar-refractivity contribution in [3.05, 3.63) is 28.8 Å². The topological polar surface area (TPSA) is 33.9 Å². The Labute approximate surface area is 128 Å². The van der Waals surface area contributed by atoms with E-state index in [1.807, 2.05) is 0 Å². The van der Waals surface area contributed by atoms with Crippen LogP contribution >= 0.6 is 0 Å². The minimum Gasteiger partial charge on any atom is -0.490 e. The van der Waals surface area contributed by atoms with Gasteiger partial charge in [0.25, 0.3) is 0 Å². The minimum atomic E-state index is -0.388. The monoisotopic (exact) mass is 292 g/mol. The smallest absolute Gasteiger partial charge is 0.137 e. The van der Waals surface area contributed by atoms with Gasteiger partial charge >= 0.3 is 0 Å². The average Bonchev–Trinajstić information content (AvgIpc) is 2.44. The summed E-state index contributed by atoms with van der Waals surface area (Å²) in [6.45, 7) is 10.9. The van der Waals surface area contributed by atoms with E-state index in [9.17, 15) is 5.11 Å². The van der Waals surface area contributed by atoms with Gasteiger partial charge in [-0.25, -0.2) is 0 Å². The molecule has 21 heavy (non-hydrogen) atoms. The van der Waals surface area contributed by atoms with Crippen molar-refractivity contribution >= 4 is 0 Å². The standard InChI is InChI=1S/C18H29NO2/c1-13-9-14(2)16(4)18(10-13)21-12-17(20)11-19-8-6-5-7-15(19)3/h9-10,15,17,20H,5-8,11-12H2,1-4H3/p+1/t15-,17-/m1/s1. The Balaban J connectivity index is 1.87. The molecule has 1 heterocycles. The molecule has 1 aliphatic heterocycles. The van der Waals surface area contributed by atoms with Crippen molar-refractivity contribution in [3.63, 3.8) is 0 Å². The summed E-state index contributed by atoms with van der Waals surface area (Å²) in [6.07, 6.45) is 3.50. The highest BCUT2D eigenvalue weighted by Gasteiger charge is 2.24. The molecule has 0 aromatic heterocycles. The number of likely N-dealkylation sites (tertiary alicyclic amines) is 1. The number of rotatable bonds is 5. The van der Waals surface area contributed by atoms with Crippen LogP contribution < -0.4 is 9.64 Å². The molecule has 0 spiro atoms. The Kier molecular flexibility index (Phi) is 5.65. The molecule has 3 atom stereocenters. The fraction of sp³-hybridized carbons (Fsp3) is 0.667. The molecule has 1 fully saturated rings. The van der Waals surface area contributed by atoms with Gasteiger partial charge in [0.05, 0.1) is 12.6 Å². The van der Waals surface area contributed by atoms with Crippen LogP contribution in [-0.4, -0.2) is 36.9 Å². The van der Waals surface area contributed by atoms with Gasteiger partial charge in [0.1, 0.15) is 25.0 Å². The van der Waals surface area contributed by atoms with Crippen LogP contribution in [0.2, 0.25) is 0 Å². The Morgan fingerprint density at radius 2 is 2.05 bits per heavy atom. The van der Waals surface area contributed by atoms with E-state index in [0.29, 0.717) is 12.6 Å². The quantitative estimate of drug-likeness (QED) is 0.868. The van der Waals surface area contributed by atoms with E-state index in [0.717, 1.165) is 12.3 Å². The van der Waals surface area contributed by atoms with Crippen LogP contribution in [0.5, 0.6) is 5.75 Å². The first-order valence-corrected chi connectivity index (χ1v) is 8.20. The number of quaternary nitrogens is 1. The molecule has 0 radical (unpaired) electrons. The molecule has 118 valence electrons. The largest absolute Gasteiger partial charge is 0.490 e. The third-order valence-corrected chi connectivity index (χ3v) is 4.78. The normalized spacial score (nSPS) is 23.9. The maximum Gasteiger partial charge on any atom is 0.137 e. The van der Waals surface area contributed by atoms with Crippen LogP contribution in [0.1, 0.15) is 42.9 Å². The van der Waals surface area contributed by atoms with Gasteiger partial charge in [-0.1, -0.05) is 6.07 Å². The van der Waals surface area contributed by atoms with Crippen LogP contribution in [0, 0.1) is 20.8 Å². The molecule has 1 aromatic carbocycles. The molecule has 1 unspecified atom stereocenters. The van der Waals surface area contributed by atoms with Gasteiger partial charge < -0.3 is 14.7 Å². The first-order valence-electron chi connectivity index (χ1n) is 8.20. The molecular formula is C18H30NO2+. The fourth-order valence-corrected chi connectivity index (χ4v) is 3.25. The van der Waals surface area contributed by atoms with E-state index in [4.69, 9.17) is 4.74 Å². The Bertz CT molecular complexity index is 473. The Morgan fingerprint density at radius 3 is 2.76 bits per heavy atom. The van der Waals surface area contributed by atoms with Crippen molar-refractivity contribution in [2.45, 2.75) is 59.1 Å². The third-order valence-electron chi connectivity index (χ3n) is 4.78. The number of nitrogens with one attached hydrogen (secondary N) is 1. The maximum absolute atomic E-state index is 10.3. The number of aliphatic hydroxyl groups excluding tert-OH is 1. The second-order valence-electron chi connectivity index (χ2n) is 6.68. The van der Waals surface area contributed by atoms with Crippen molar-refractivity contribution in [1.82, 2.24) is 0 Å². The Hall–Kier alpha value is -1.06. The molecule has 1 aromatic rings. The van der Waals surface area contributed by atoms with Crippen LogP contribution in [0.3, 0.4) is 0 Å². The second-order valence-corrected chi connectivity index (χ2v) is 6.68. The van der Waals surface area contributed by atoms with Crippen molar-refractivity contribution in [1.29, 1.82) is 0 Å². The van der Waals surface area contributed by atoms with E-state index >= 15 is 0 Å². The SMILES string of the molecule is Cc1cc(C)c(C)c(OC[C@H](O)C[NH+]2CCCC[C@H]2C)c1. The zero-order chi connectivity index (χ0) is 15.4. The first kappa shape index (κ1) is 16.3. The molecule has 0 aliphatic carbocycles. The van der Waals surface area contributed by atoms with Gasteiger partial charge in [0.15, 0.2) is 0 Å². The summed E-state index contributed by atoms with van der Waals surface area (Å²) in [5.74, 6) is 0.910. The van der Waals surface area contributed by atoms with Gasteiger partial charge in [-0.05, 0) is 69.7 Å². The molecule has 0 bridgehead atoms. The summed E-state index contributed by atoms with van der Waals surface area (Å²) in [6, 6.07) is 4.89. The lowest BCUT2D eigenvalue weighted by molar-refractivity contribution is -0.931. The highest BCUT2D eigenvalue weighted by Crippen LogP contribution is 2.23. The summed E-state index contributed by atoms with van der Waals surface area (Å²) in [4.78, 5) is 1.52. The molecule has 3 heteroatoms. The number of hydrogen-bond acceptors (Lipinski definition) is 2. The summed E-state index contributed by atoms with van der Waals surface area (Å²) in [5.41, 5.74) is 3.62. The molecule has 3 nitrogen and oxygen atoms in total. The van der Waals surface area contributed by atoms with Gasteiger partial charge in [-0.2, -0.15) is 0 Å². The summed E-state index contributed by atoms with van der Waals surface area (Å²) in [5, 5.41) is 10.3. The zero-order valence-electron chi connectivity index (χ0n) is 13.9. The van der Waals surface area contributed by atoms with Crippen LogP contribution in [-0.2, 0) is 0 Å². The molecule has 0 saturated carbocycles. The van der Waals surface area contributed by atoms with Crippen LogP contribution in [0.4, 0.5) is 0 Å². The van der Waals surface area contributed by atoms with Gasteiger partial charge in [0.2, 0.25) is 0 Å². The highest BCUT2D eigenvalue weighted by molar-refractivity contribution is 5.41. The first-order chi connectivity index (χ1) is 9.97. The maximum atomic E-state index is 10.3. The number of aliphatic hydroxyl groups is 1. The molecule has 2 rings (SSSR count). The molecule has 2 N–H and O–H groups in total. The second kappa shape index (κ2) is 7.28. The molecule has 1 saturated heterocycles. The highest BCUT2D eigenvalue weighted by atomic mass is 16.5. The number of aryl methyl sites for hydroxylation is 2. The summed E-state index contributed by atoms with van der Waals surface area (Å²) < 4.78 is 5.87. The lowest BCUT2D eigenvalue weighted by Crippen LogP contribution is -3.17. The van der Waals surface area contributed by atoms with Gasteiger partial charge in [0, 0.05) is 0 Å². The lowest BCUT2D eigenvalue weighted by atomic mass is 10.0. The van der Waals surface area contributed by atoms with E-state index in [-0.39, 0.29) is 6.10 Å². The number of ether oxygens (including phenoxy) is 1. The van der Waals surface area contributed by atoms with Crippen LogP contribution in [0.25, 0.3) is 0 Å². The van der Waals surface area contributed by atoms with Crippen molar-refractivity contribution in [2.75, 3.05) is 19.7 Å². The van der Waals surface area contributed by atoms with Crippen LogP contribution in [0.15, 0.2) is 12.1 Å². The van der Waals surface area contributed by atoms with Crippen molar-refractivity contribution in [3.8, 4) is 5.75 Å². The summed E-state index contributed by atoms with van der Waals surface area (Å²) >= 11 is 0.